The SMILES string of the molecule is CN1CCC(N(C)CCN(C)C(=O)CN)CC1. The van der Waals surface area contributed by atoms with Crippen LogP contribution in [-0.4, -0.2) is 80.5 Å². The highest BCUT2D eigenvalue weighted by atomic mass is 16.2. The predicted molar refractivity (Wildman–Crippen MR) is 69.8 cm³/mol. The lowest BCUT2D eigenvalue weighted by atomic mass is 10.0. The summed E-state index contributed by atoms with van der Waals surface area (Å²) in [6, 6.07) is 0.660. The number of nitrogens with two attached hydrogens (primary N) is 1. The molecule has 0 unspecified atom stereocenters. The van der Waals surface area contributed by atoms with Crippen LogP contribution in [0.25, 0.3) is 0 Å². The highest BCUT2D eigenvalue weighted by molar-refractivity contribution is 5.77. The van der Waals surface area contributed by atoms with Gasteiger partial charge in [-0.3, -0.25) is 4.79 Å². The van der Waals surface area contributed by atoms with Crippen molar-refractivity contribution in [2.45, 2.75) is 18.9 Å². The first-order valence-corrected chi connectivity index (χ1v) is 6.37. The van der Waals surface area contributed by atoms with E-state index in [0.29, 0.717) is 6.04 Å². The maximum atomic E-state index is 11.3. The van der Waals surface area contributed by atoms with E-state index in [2.05, 4.69) is 23.9 Å². The van der Waals surface area contributed by atoms with E-state index in [9.17, 15) is 4.79 Å². The monoisotopic (exact) mass is 242 g/mol. The van der Waals surface area contributed by atoms with Gasteiger partial charge in [0, 0.05) is 26.2 Å². The summed E-state index contributed by atoms with van der Waals surface area (Å²) in [7, 11) is 6.14. The van der Waals surface area contributed by atoms with Crippen LogP contribution in [0.15, 0.2) is 0 Å². The van der Waals surface area contributed by atoms with Gasteiger partial charge in [0.05, 0.1) is 6.54 Å². The van der Waals surface area contributed by atoms with Gasteiger partial charge in [-0.2, -0.15) is 0 Å². The van der Waals surface area contributed by atoms with Crippen LogP contribution in [0.3, 0.4) is 0 Å². The third-order valence-electron chi connectivity index (χ3n) is 3.70. The zero-order chi connectivity index (χ0) is 12.8. The molecule has 0 aliphatic carbocycles. The van der Waals surface area contributed by atoms with Crippen molar-refractivity contribution in [1.29, 1.82) is 0 Å². The molecule has 1 fully saturated rings. The minimum Gasteiger partial charge on any atom is -0.343 e. The van der Waals surface area contributed by atoms with Crippen LogP contribution in [0.4, 0.5) is 0 Å². The third-order valence-corrected chi connectivity index (χ3v) is 3.70. The Morgan fingerprint density at radius 1 is 1.29 bits per heavy atom. The second-order valence-electron chi connectivity index (χ2n) is 5.03. The molecular weight excluding hydrogens is 216 g/mol. The number of amides is 1. The van der Waals surface area contributed by atoms with Crippen LogP contribution in [-0.2, 0) is 4.79 Å². The predicted octanol–water partition coefficient (Wildman–Crippen LogP) is -0.570. The minimum absolute atomic E-state index is 0.0155. The van der Waals surface area contributed by atoms with Gasteiger partial charge in [-0.25, -0.2) is 0 Å². The Labute approximate surface area is 105 Å². The van der Waals surface area contributed by atoms with Crippen LogP contribution < -0.4 is 5.73 Å². The molecule has 1 aliphatic rings. The van der Waals surface area contributed by atoms with Crippen LogP contribution >= 0.6 is 0 Å². The molecule has 1 aliphatic heterocycles. The molecule has 0 radical (unpaired) electrons. The zero-order valence-corrected chi connectivity index (χ0v) is 11.4. The Balaban J connectivity index is 2.25. The van der Waals surface area contributed by atoms with Gasteiger partial charge in [0.1, 0.15) is 0 Å². The smallest absolute Gasteiger partial charge is 0.236 e. The average molecular weight is 242 g/mol. The quantitative estimate of drug-likeness (QED) is 0.701. The summed E-state index contributed by atoms with van der Waals surface area (Å²) >= 11 is 0. The maximum Gasteiger partial charge on any atom is 0.236 e. The fraction of sp³-hybridized carbons (Fsp3) is 0.917. The molecule has 17 heavy (non-hydrogen) atoms. The van der Waals surface area contributed by atoms with Gasteiger partial charge in [0.25, 0.3) is 0 Å². The van der Waals surface area contributed by atoms with Crippen molar-refractivity contribution in [2.24, 2.45) is 5.73 Å². The van der Waals surface area contributed by atoms with Crippen molar-refractivity contribution in [3.63, 3.8) is 0 Å². The van der Waals surface area contributed by atoms with E-state index >= 15 is 0 Å². The summed E-state index contributed by atoms with van der Waals surface area (Å²) in [4.78, 5) is 17.8. The lowest BCUT2D eigenvalue weighted by Crippen LogP contribution is -2.45. The van der Waals surface area contributed by atoms with Crippen molar-refractivity contribution < 1.29 is 4.79 Å². The molecule has 1 rings (SSSR count). The molecule has 0 bridgehead atoms. The van der Waals surface area contributed by atoms with Crippen LogP contribution in [0.1, 0.15) is 12.8 Å². The van der Waals surface area contributed by atoms with E-state index in [1.54, 1.807) is 4.90 Å². The number of carbonyl (C=O) groups is 1. The zero-order valence-electron chi connectivity index (χ0n) is 11.4. The van der Waals surface area contributed by atoms with Gasteiger partial charge in [-0.05, 0) is 40.0 Å². The van der Waals surface area contributed by atoms with E-state index < -0.39 is 0 Å². The lowest BCUT2D eigenvalue weighted by molar-refractivity contribution is -0.128. The Morgan fingerprint density at radius 2 is 1.88 bits per heavy atom. The summed E-state index contributed by atoms with van der Waals surface area (Å²) in [5, 5.41) is 0. The van der Waals surface area contributed by atoms with Gasteiger partial charge < -0.3 is 20.4 Å². The molecule has 5 nitrogen and oxygen atoms in total. The highest BCUT2D eigenvalue weighted by Crippen LogP contribution is 2.13. The Morgan fingerprint density at radius 3 is 2.41 bits per heavy atom. The first kappa shape index (κ1) is 14.4. The van der Waals surface area contributed by atoms with Crippen molar-refractivity contribution in [1.82, 2.24) is 14.7 Å². The Hall–Kier alpha value is -0.650. The Kier molecular flexibility index (Phi) is 5.88. The van der Waals surface area contributed by atoms with Crippen molar-refractivity contribution in [3.8, 4) is 0 Å². The standard InChI is InChI=1S/C12H26N4O/c1-14-6-4-11(5-7-14)15(2)8-9-16(3)12(17)10-13/h11H,4-10,13H2,1-3H3. The number of carbonyl (C=O) groups excluding carboxylic acids is 1. The number of piperidine rings is 1. The fourth-order valence-corrected chi connectivity index (χ4v) is 2.21. The van der Waals surface area contributed by atoms with Crippen LogP contribution in [0.5, 0.6) is 0 Å². The first-order valence-electron chi connectivity index (χ1n) is 6.37. The van der Waals surface area contributed by atoms with Crippen LogP contribution in [0.2, 0.25) is 0 Å². The molecule has 0 atom stereocenters. The van der Waals surface area contributed by atoms with Crippen molar-refractivity contribution >= 4 is 5.91 Å². The summed E-state index contributed by atoms with van der Waals surface area (Å²) in [6.07, 6.45) is 2.45. The number of hydrogen-bond donors (Lipinski definition) is 1. The Bertz CT molecular complexity index is 239. The highest BCUT2D eigenvalue weighted by Gasteiger charge is 2.20. The summed E-state index contributed by atoms with van der Waals surface area (Å²) in [5.74, 6) is 0.0155. The number of likely N-dealkylation sites (N-methyl/N-ethyl adjacent to an activating group) is 2. The molecule has 0 aromatic carbocycles. The molecular formula is C12H26N4O. The van der Waals surface area contributed by atoms with E-state index in [4.69, 9.17) is 5.73 Å². The third kappa shape index (κ3) is 4.61. The fourth-order valence-electron chi connectivity index (χ4n) is 2.21. The van der Waals surface area contributed by atoms with E-state index in [-0.39, 0.29) is 12.5 Å². The summed E-state index contributed by atoms with van der Waals surface area (Å²) in [5.41, 5.74) is 5.33. The number of hydrogen-bond acceptors (Lipinski definition) is 4. The van der Waals surface area contributed by atoms with E-state index in [1.165, 1.54) is 25.9 Å². The molecule has 0 aromatic rings. The molecule has 1 saturated heterocycles. The number of likely N-dealkylation sites (tertiary alicyclic amines) is 1. The molecule has 0 saturated carbocycles. The molecule has 100 valence electrons. The number of nitrogens with zero attached hydrogens (tertiary/aromatic N) is 3. The van der Waals surface area contributed by atoms with Gasteiger partial charge in [0.2, 0.25) is 5.91 Å². The summed E-state index contributed by atoms with van der Waals surface area (Å²) in [6.45, 7) is 4.14. The second-order valence-corrected chi connectivity index (χ2v) is 5.03. The second kappa shape index (κ2) is 6.93. The van der Waals surface area contributed by atoms with Gasteiger partial charge in [0.15, 0.2) is 0 Å². The minimum atomic E-state index is 0.0155. The van der Waals surface area contributed by atoms with Crippen molar-refractivity contribution in [2.75, 3.05) is 53.9 Å². The molecule has 0 spiro atoms. The van der Waals surface area contributed by atoms with Gasteiger partial charge in [-0.1, -0.05) is 0 Å². The molecule has 1 heterocycles. The topological polar surface area (TPSA) is 52.8 Å². The largest absolute Gasteiger partial charge is 0.343 e. The molecule has 0 aromatic heterocycles. The maximum absolute atomic E-state index is 11.3. The lowest BCUT2D eigenvalue weighted by Gasteiger charge is -2.35. The normalized spacial score (nSPS) is 18.6. The van der Waals surface area contributed by atoms with Gasteiger partial charge >= 0.3 is 0 Å². The van der Waals surface area contributed by atoms with Crippen LogP contribution in [0, 0.1) is 0 Å². The number of rotatable bonds is 5. The van der Waals surface area contributed by atoms with Crippen molar-refractivity contribution in [3.05, 3.63) is 0 Å². The first-order chi connectivity index (χ1) is 8.04. The van der Waals surface area contributed by atoms with E-state index in [1.807, 2.05) is 7.05 Å². The molecule has 1 amide bonds. The van der Waals surface area contributed by atoms with Gasteiger partial charge in [-0.15, -0.1) is 0 Å². The van der Waals surface area contributed by atoms with E-state index in [0.717, 1.165) is 13.1 Å². The average Bonchev–Trinajstić information content (AvgIpc) is 2.35. The molecule has 2 N–H and O–H groups in total. The summed E-state index contributed by atoms with van der Waals surface area (Å²) < 4.78 is 0. The molecule has 5 heteroatoms.